The zero-order valence-electron chi connectivity index (χ0n) is 16.8. The number of nitrogens with one attached hydrogen (secondary N) is 2. The summed E-state index contributed by atoms with van der Waals surface area (Å²) in [6.45, 7) is 0. The highest BCUT2D eigenvalue weighted by Crippen LogP contribution is 2.31. The van der Waals surface area contributed by atoms with Crippen LogP contribution in [0.15, 0.2) is 92.3 Å². The van der Waals surface area contributed by atoms with E-state index in [0.29, 0.717) is 15.5 Å². The van der Waals surface area contributed by atoms with E-state index in [-0.39, 0.29) is 0 Å². The van der Waals surface area contributed by atoms with E-state index < -0.39 is 0 Å². The van der Waals surface area contributed by atoms with Gasteiger partial charge in [-0.1, -0.05) is 72.4 Å². The summed E-state index contributed by atoms with van der Waals surface area (Å²) in [5.41, 5.74) is 1.96. The first-order chi connectivity index (χ1) is 15.8. The van der Waals surface area contributed by atoms with Gasteiger partial charge in [0.1, 0.15) is 10.1 Å². The average Bonchev–Trinajstić information content (AvgIpc) is 3.50. The third kappa shape index (κ3) is 4.85. The van der Waals surface area contributed by atoms with E-state index in [9.17, 15) is 0 Å². The number of hydrogen-bond acceptors (Lipinski definition) is 9. The van der Waals surface area contributed by atoms with E-state index in [1.54, 1.807) is 0 Å². The SMILES string of the molecule is CSc1nc(Sc2n[nH]c(-c3ccccc3)n2)cc(Sc2n[nH]c(-c3ccccc3)n2)n1. The summed E-state index contributed by atoms with van der Waals surface area (Å²) in [7, 11) is 0. The lowest BCUT2D eigenvalue weighted by Gasteiger charge is -2.03. The normalized spacial score (nSPS) is 11.0. The van der Waals surface area contributed by atoms with Crippen LogP contribution in [0.1, 0.15) is 0 Å². The molecule has 8 nitrogen and oxygen atoms in total. The zero-order chi connectivity index (χ0) is 21.8. The number of thioether (sulfide) groups is 1. The first-order valence-corrected chi connectivity index (χ1v) is 12.4. The first-order valence-electron chi connectivity index (χ1n) is 9.51. The van der Waals surface area contributed by atoms with E-state index in [0.717, 1.165) is 32.8 Å². The second kappa shape index (κ2) is 9.55. The van der Waals surface area contributed by atoms with Crippen molar-refractivity contribution in [2.45, 2.75) is 25.5 Å². The quantitative estimate of drug-likeness (QED) is 0.189. The minimum absolute atomic E-state index is 0.592. The Labute approximate surface area is 196 Å². The van der Waals surface area contributed by atoms with Crippen molar-refractivity contribution >= 4 is 35.3 Å². The van der Waals surface area contributed by atoms with Gasteiger partial charge in [-0.25, -0.2) is 19.9 Å². The van der Waals surface area contributed by atoms with Gasteiger partial charge in [0.15, 0.2) is 16.8 Å². The largest absolute Gasteiger partial charge is 0.258 e. The zero-order valence-corrected chi connectivity index (χ0v) is 19.2. The average molecular weight is 477 g/mol. The number of H-pyrrole nitrogens is 2. The standard InChI is InChI=1S/C21H16N8S3/c1-30-19-22-15(31-20-24-17(26-28-20)13-8-4-2-5-9-13)12-16(23-19)32-21-25-18(27-29-21)14-10-6-3-7-11-14/h2-12H,1H3,(H,24,26,28)(H,25,27,29). The molecule has 0 atom stereocenters. The van der Waals surface area contributed by atoms with Gasteiger partial charge in [-0.05, 0) is 29.8 Å². The van der Waals surface area contributed by atoms with Crippen LogP contribution in [0, 0.1) is 0 Å². The Morgan fingerprint density at radius 2 is 1.06 bits per heavy atom. The van der Waals surface area contributed by atoms with E-state index >= 15 is 0 Å². The molecule has 0 bridgehead atoms. The predicted octanol–water partition coefficient (Wildman–Crippen LogP) is 5.07. The molecule has 0 amide bonds. The molecule has 2 N–H and O–H groups in total. The molecular formula is C21H16N8S3. The Morgan fingerprint density at radius 3 is 1.50 bits per heavy atom. The Bertz CT molecular complexity index is 1220. The fourth-order valence-corrected chi connectivity index (χ4v) is 4.81. The minimum Gasteiger partial charge on any atom is -0.258 e. The highest BCUT2D eigenvalue weighted by Gasteiger charge is 2.13. The maximum atomic E-state index is 4.58. The van der Waals surface area contributed by atoms with Crippen molar-refractivity contribution < 1.29 is 0 Å². The molecular weight excluding hydrogens is 460 g/mol. The van der Waals surface area contributed by atoms with Gasteiger partial charge in [-0.3, -0.25) is 10.2 Å². The number of benzene rings is 2. The number of aromatic nitrogens is 8. The third-order valence-electron chi connectivity index (χ3n) is 4.26. The molecule has 32 heavy (non-hydrogen) atoms. The summed E-state index contributed by atoms with van der Waals surface area (Å²) in [6.07, 6.45) is 1.94. The van der Waals surface area contributed by atoms with E-state index in [4.69, 9.17) is 0 Å². The number of hydrogen-bond donors (Lipinski definition) is 2. The van der Waals surface area contributed by atoms with Gasteiger partial charge >= 0.3 is 0 Å². The Kier molecular flexibility index (Phi) is 6.19. The first kappa shape index (κ1) is 20.7. The fourth-order valence-electron chi connectivity index (χ4n) is 2.80. The van der Waals surface area contributed by atoms with Crippen molar-refractivity contribution in [3.63, 3.8) is 0 Å². The second-order valence-electron chi connectivity index (χ2n) is 6.40. The molecule has 0 aliphatic rings. The van der Waals surface area contributed by atoms with Gasteiger partial charge in [-0.2, -0.15) is 0 Å². The van der Waals surface area contributed by atoms with E-state index in [2.05, 4.69) is 40.3 Å². The summed E-state index contributed by atoms with van der Waals surface area (Å²) in [4.78, 5) is 18.3. The minimum atomic E-state index is 0.592. The molecule has 0 saturated heterocycles. The molecule has 0 saturated carbocycles. The Morgan fingerprint density at radius 1 is 0.594 bits per heavy atom. The van der Waals surface area contributed by atoms with Gasteiger partial charge in [0.05, 0.1) is 0 Å². The maximum absolute atomic E-state index is 4.58. The number of rotatable bonds is 7. The number of aromatic amines is 2. The molecule has 5 aromatic rings. The molecule has 5 rings (SSSR count). The summed E-state index contributed by atoms with van der Waals surface area (Å²) >= 11 is 4.24. The van der Waals surface area contributed by atoms with Crippen LogP contribution >= 0.6 is 35.3 Å². The highest BCUT2D eigenvalue weighted by molar-refractivity contribution is 8.00. The lowest BCUT2D eigenvalue weighted by Crippen LogP contribution is -1.92. The van der Waals surface area contributed by atoms with Gasteiger partial charge in [0.25, 0.3) is 0 Å². The van der Waals surface area contributed by atoms with E-state index in [1.807, 2.05) is 73.0 Å². The fraction of sp³-hybridized carbons (Fsp3) is 0.0476. The monoisotopic (exact) mass is 476 g/mol. The lowest BCUT2D eigenvalue weighted by atomic mass is 10.2. The van der Waals surface area contributed by atoms with Crippen LogP contribution in [0.4, 0.5) is 0 Å². The van der Waals surface area contributed by atoms with Crippen LogP contribution in [0.2, 0.25) is 0 Å². The van der Waals surface area contributed by atoms with Crippen LogP contribution in [-0.4, -0.2) is 46.6 Å². The van der Waals surface area contributed by atoms with Gasteiger partial charge in [-0.15, -0.1) is 10.2 Å². The van der Waals surface area contributed by atoms with Crippen molar-refractivity contribution in [2.75, 3.05) is 6.26 Å². The van der Waals surface area contributed by atoms with Crippen molar-refractivity contribution in [1.29, 1.82) is 0 Å². The molecule has 0 unspecified atom stereocenters. The summed E-state index contributed by atoms with van der Waals surface area (Å²) in [5.74, 6) is 1.44. The topological polar surface area (TPSA) is 109 Å². The van der Waals surface area contributed by atoms with Crippen LogP contribution in [0.5, 0.6) is 0 Å². The third-order valence-corrected chi connectivity index (χ3v) is 6.37. The molecule has 0 aliphatic carbocycles. The molecule has 0 aliphatic heterocycles. The molecule has 3 heterocycles. The molecule has 11 heteroatoms. The van der Waals surface area contributed by atoms with Gasteiger partial charge in [0, 0.05) is 17.2 Å². The van der Waals surface area contributed by atoms with Crippen molar-refractivity contribution in [2.24, 2.45) is 0 Å². The highest BCUT2D eigenvalue weighted by atomic mass is 32.2. The van der Waals surface area contributed by atoms with Crippen molar-refractivity contribution in [3.8, 4) is 22.8 Å². The molecule has 0 radical (unpaired) electrons. The van der Waals surface area contributed by atoms with Crippen LogP contribution < -0.4 is 0 Å². The van der Waals surface area contributed by atoms with Crippen LogP contribution in [0.25, 0.3) is 22.8 Å². The van der Waals surface area contributed by atoms with Crippen LogP contribution in [0.3, 0.4) is 0 Å². The predicted molar refractivity (Wildman–Crippen MR) is 126 cm³/mol. The smallest absolute Gasteiger partial charge is 0.215 e. The molecule has 3 aromatic heterocycles. The van der Waals surface area contributed by atoms with Crippen molar-refractivity contribution in [1.82, 2.24) is 40.3 Å². The molecule has 2 aromatic carbocycles. The van der Waals surface area contributed by atoms with Gasteiger partial charge in [0.2, 0.25) is 10.3 Å². The molecule has 0 fully saturated rings. The van der Waals surface area contributed by atoms with Gasteiger partial charge < -0.3 is 0 Å². The Balaban J connectivity index is 1.35. The molecule has 0 spiro atoms. The van der Waals surface area contributed by atoms with E-state index in [1.165, 1.54) is 35.3 Å². The summed E-state index contributed by atoms with van der Waals surface area (Å²) in [6, 6.07) is 21.7. The lowest BCUT2D eigenvalue weighted by molar-refractivity contribution is 0.824. The Hall–Kier alpha value is -3.15. The molecule has 158 valence electrons. The number of nitrogens with zero attached hydrogens (tertiary/aromatic N) is 6. The summed E-state index contributed by atoms with van der Waals surface area (Å²) in [5, 5.41) is 18.0. The summed E-state index contributed by atoms with van der Waals surface area (Å²) < 4.78 is 0. The second-order valence-corrected chi connectivity index (χ2v) is 9.15. The maximum Gasteiger partial charge on any atom is 0.215 e. The van der Waals surface area contributed by atoms with Crippen molar-refractivity contribution in [3.05, 3.63) is 66.7 Å². The van der Waals surface area contributed by atoms with Crippen LogP contribution in [-0.2, 0) is 0 Å².